The lowest BCUT2D eigenvalue weighted by Gasteiger charge is -2.39. The summed E-state index contributed by atoms with van der Waals surface area (Å²) in [6.07, 6.45) is -5.02. The van der Waals surface area contributed by atoms with Gasteiger partial charge in [-0.3, -0.25) is 4.79 Å². The summed E-state index contributed by atoms with van der Waals surface area (Å²) < 4.78 is 43.0. The molecule has 1 fully saturated rings. The molecule has 6 nitrogen and oxygen atoms in total. The van der Waals surface area contributed by atoms with Gasteiger partial charge in [0.05, 0.1) is 18.3 Å². The Morgan fingerprint density at radius 2 is 1.92 bits per heavy atom. The van der Waals surface area contributed by atoms with E-state index in [2.05, 4.69) is 10.1 Å². The number of aliphatic hydroxyl groups is 1. The van der Waals surface area contributed by atoms with E-state index < -0.39 is 29.5 Å². The Bertz CT molecular complexity index is 670. The van der Waals surface area contributed by atoms with Crippen LogP contribution in [0, 0.1) is 0 Å². The number of rotatable bonds is 3. The van der Waals surface area contributed by atoms with Crippen molar-refractivity contribution >= 4 is 12.0 Å². The highest BCUT2D eigenvalue weighted by Gasteiger charge is 2.38. The van der Waals surface area contributed by atoms with Gasteiger partial charge in [-0.15, -0.1) is 0 Å². The van der Waals surface area contributed by atoms with Crippen molar-refractivity contribution in [2.24, 2.45) is 0 Å². The molecule has 0 spiro atoms. The number of ether oxygens (including phenoxy) is 1. The molecule has 1 aromatic carbocycles. The van der Waals surface area contributed by atoms with Crippen LogP contribution in [0.3, 0.4) is 0 Å². The first kappa shape index (κ1) is 20.0. The molecule has 1 aliphatic rings. The van der Waals surface area contributed by atoms with E-state index in [4.69, 9.17) is 0 Å². The molecule has 2 amide bonds. The number of alkyl halides is 3. The number of carbonyl (C=O) groups excluding carboxylic acids is 2. The third-order valence-electron chi connectivity index (χ3n) is 4.52. The van der Waals surface area contributed by atoms with Crippen molar-refractivity contribution in [1.82, 2.24) is 10.2 Å². The fraction of sp³-hybridized carbons (Fsp3) is 0.529. The molecule has 26 heavy (non-hydrogen) atoms. The molecule has 1 aliphatic heterocycles. The summed E-state index contributed by atoms with van der Waals surface area (Å²) in [6.45, 7) is 1.84. The average Bonchev–Trinajstić information content (AvgIpc) is 2.61. The van der Waals surface area contributed by atoms with Crippen LogP contribution in [0.25, 0.3) is 0 Å². The number of nitrogens with one attached hydrogen (secondary N) is 1. The number of hydrogen-bond acceptors (Lipinski definition) is 4. The largest absolute Gasteiger partial charge is 0.453 e. The summed E-state index contributed by atoms with van der Waals surface area (Å²) in [6, 6.07) is 3.80. The molecule has 1 heterocycles. The van der Waals surface area contributed by atoms with E-state index in [1.54, 1.807) is 0 Å². The van der Waals surface area contributed by atoms with Crippen LogP contribution in [-0.2, 0) is 21.3 Å². The number of carbonyl (C=O) groups is 2. The number of halogens is 3. The van der Waals surface area contributed by atoms with E-state index in [0.29, 0.717) is 0 Å². The lowest BCUT2D eigenvalue weighted by molar-refractivity contribution is -0.138. The minimum Gasteiger partial charge on any atom is -0.453 e. The fourth-order valence-corrected chi connectivity index (χ4v) is 2.94. The number of nitrogens with zero attached hydrogens (tertiary/aromatic N) is 1. The highest BCUT2D eigenvalue weighted by Crippen LogP contribution is 2.36. The van der Waals surface area contributed by atoms with E-state index >= 15 is 0 Å². The molecule has 0 aliphatic carbocycles. The van der Waals surface area contributed by atoms with Gasteiger partial charge in [0.15, 0.2) is 0 Å². The number of alkyl carbamates (subject to hydrolysis) is 1. The molecular weight excluding hydrogens is 353 g/mol. The molecule has 0 radical (unpaired) electrons. The van der Waals surface area contributed by atoms with Crippen molar-refractivity contribution in [3.05, 3.63) is 35.4 Å². The first-order valence-corrected chi connectivity index (χ1v) is 8.10. The first-order valence-electron chi connectivity index (χ1n) is 8.10. The summed E-state index contributed by atoms with van der Waals surface area (Å²) >= 11 is 0. The van der Waals surface area contributed by atoms with E-state index in [1.807, 2.05) is 0 Å². The van der Waals surface area contributed by atoms with Gasteiger partial charge in [0, 0.05) is 13.1 Å². The Hall–Kier alpha value is -2.29. The van der Waals surface area contributed by atoms with Crippen LogP contribution < -0.4 is 5.32 Å². The van der Waals surface area contributed by atoms with Gasteiger partial charge >= 0.3 is 12.3 Å². The van der Waals surface area contributed by atoms with Crippen molar-refractivity contribution in [2.45, 2.75) is 37.6 Å². The topological polar surface area (TPSA) is 78.9 Å². The van der Waals surface area contributed by atoms with Crippen molar-refractivity contribution in [3.8, 4) is 0 Å². The van der Waals surface area contributed by atoms with Gasteiger partial charge in [-0.1, -0.05) is 12.1 Å². The second-order valence-electron chi connectivity index (χ2n) is 6.29. The molecule has 1 unspecified atom stereocenters. The summed E-state index contributed by atoms with van der Waals surface area (Å²) in [5.74, 6) is -0.346. The lowest BCUT2D eigenvalue weighted by Crippen LogP contribution is -2.51. The van der Waals surface area contributed by atoms with Crippen molar-refractivity contribution in [3.63, 3.8) is 0 Å². The number of likely N-dealkylation sites (tertiary alicyclic amines) is 1. The number of benzene rings is 1. The summed E-state index contributed by atoms with van der Waals surface area (Å²) in [7, 11) is 1.18. The van der Waals surface area contributed by atoms with Gasteiger partial charge in [-0.25, -0.2) is 4.79 Å². The van der Waals surface area contributed by atoms with Gasteiger partial charge in [-0.2, -0.15) is 13.2 Å². The molecule has 1 aromatic rings. The van der Waals surface area contributed by atoms with Crippen LogP contribution in [0.5, 0.6) is 0 Å². The van der Waals surface area contributed by atoms with Crippen molar-refractivity contribution in [1.29, 1.82) is 0 Å². The number of methoxy groups -OCH3 is 1. The maximum atomic E-state index is 12.9. The Balaban J connectivity index is 2.05. The van der Waals surface area contributed by atoms with Crippen LogP contribution in [0.2, 0.25) is 0 Å². The maximum absolute atomic E-state index is 12.9. The molecule has 2 rings (SSSR count). The first-order chi connectivity index (χ1) is 12.1. The van der Waals surface area contributed by atoms with Gasteiger partial charge in [0.1, 0.15) is 6.04 Å². The van der Waals surface area contributed by atoms with Crippen LogP contribution in [0.15, 0.2) is 24.3 Å². The van der Waals surface area contributed by atoms with Gasteiger partial charge in [-0.05, 0) is 37.5 Å². The third kappa shape index (κ3) is 4.46. The summed E-state index contributed by atoms with van der Waals surface area (Å²) in [4.78, 5) is 24.9. The number of piperidine rings is 1. The molecular formula is C17H21F3N2O4. The smallest absolute Gasteiger partial charge is 0.416 e. The zero-order valence-corrected chi connectivity index (χ0v) is 14.5. The minimum atomic E-state index is -4.49. The van der Waals surface area contributed by atoms with Crippen LogP contribution in [0.4, 0.5) is 18.0 Å². The number of amides is 2. The molecule has 0 bridgehead atoms. The Labute approximate surface area is 148 Å². The molecule has 0 saturated carbocycles. The second-order valence-corrected chi connectivity index (χ2v) is 6.29. The van der Waals surface area contributed by atoms with E-state index in [0.717, 1.165) is 12.1 Å². The van der Waals surface area contributed by atoms with Crippen molar-refractivity contribution < 1.29 is 32.6 Å². The Kier molecular flexibility index (Phi) is 5.80. The van der Waals surface area contributed by atoms with Gasteiger partial charge < -0.3 is 20.1 Å². The molecule has 1 saturated heterocycles. The maximum Gasteiger partial charge on any atom is 0.416 e. The van der Waals surface area contributed by atoms with E-state index in [-0.39, 0.29) is 37.4 Å². The van der Waals surface area contributed by atoms with Crippen molar-refractivity contribution in [2.75, 3.05) is 20.2 Å². The Morgan fingerprint density at radius 3 is 2.46 bits per heavy atom. The van der Waals surface area contributed by atoms with Gasteiger partial charge in [0.2, 0.25) is 5.91 Å². The van der Waals surface area contributed by atoms with E-state index in [9.17, 15) is 27.9 Å². The minimum absolute atomic E-state index is 0.102. The summed E-state index contributed by atoms with van der Waals surface area (Å²) in [5.41, 5.74) is -2.07. The third-order valence-corrected chi connectivity index (χ3v) is 4.52. The monoisotopic (exact) mass is 374 g/mol. The normalized spacial score (nSPS) is 18.2. The highest BCUT2D eigenvalue weighted by atomic mass is 19.4. The SMILES string of the molecule is COC(=O)NC(C)C(=O)N1CCC(O)(c2cccc(C(F)(F)F)c2)CC1. The zero-order valence-electron chi connectivity index (χ0n) is 14.5. The molecule has 9 heteroatoms. The van der Waals surface area contributed by atoms with E-state index in [1.165, 1.54) is 31.1 Å². The molecule has 2 N–H and O–H groups in total. The molecule has 0 aromatic heterocycles. The van der Waals surface area contributed by atoms with Crippen LogP contribution in [-0.4, -0.2) is 48.2 Å². The zero-order chi connectivity index (χ0) is 19.5. The number of hydrogen-bond donors (Lipinski definition) is 2. The highest BCUT2D eigenvalue weighted by molar-refractivity contribution is 5.85. The molecule has 144 valence electrons. The summed E-state index contributed by atoms with van der Waals surface area (Å²) in [5, 5.41) is 13.1. The predicted molar refractivity (Wildman–Crippen MR) is 86.2 cm³/mol. The standard InChI is InChI=1S/C17H21F3N2O4/c1-11(21-15(24)26-2)14(23)22-8-6-16(25,7-9-22)12-4-3-5-13(10-12)17(18,19)20/h3-5,10-11,25H,6-9H2,1-2H3,(H,21,24). The lowest BCUT2D eigenvalue weighted by atomic mass is 9.83. The second kappa shape index (κ2) is 7.53. The van der Waals surface area contributed by atoms with Crippen LogP contribution in [0.1, 0.15) is 30.9 Å². The molecule has 1 atom stereocenters. The van der Waals surface area contributed by atoms with Gasteiger partial charge in [0.25, 0.3) is 0 Å². The Morgan fingerprint density at radius 1 is 1.31 bits per heavy atom. The van der Waals surface area contributed by atoms with Crippen LogP contribution >= 0.6 is 0 Å². The average molecular weight is 374 g/mol. The predicted octanol–water partition coefficient (Wildman–Crippen LogP) is 2.26. The quantitative estimate of drug-likeness (QED) is 0.851. The fourth-order valence-electron chi connectivity index (χ4n) is 2.94.